The van der Waals surface area contributed by atoms with Crippen LogP contribution in [0.25, 0.3) is 93.8 Å². The Bertz CT molecular complexity index is 4340. The molecule has 348 valence electrons. The third kappa shape index (κ3) is 7.63. The second kappa shape index (κ2) is 18.0. The standard InChI is InChI=1S/C69H46N4O/c1-5-15-47(16-6-1)49-27-31-55(32-28-49)71(59-38-42-67-64(45-59)63-23-13-14-24-66(63)73(67)54-21-11-4-12-22-54)57-35-39-61-52(43-57)25-26-53-44-58(36-40-62(53)61)72(56-33-29-50(30-34-56)48-17-7-2-8-18-48)60-37-41-65-68(46-60)74-69(70-65)51-19-9-3-10-20-51/h1-46H. The van der Waals surface area contributed by atoms with E-state index in [-0.39, 0.29) is 0 Å². The maximum absolute atomic E-state index is 6.43. The summed E-state index contributed by atoms with van der Waals surface area (Å²) in [6.45, 7) is 0. The number of aromatic nitrogens is 2. The summed E-state index contributed by atoms with van der Waals surface area (Å²) < 4.78 is 8.80. The minimum atomic E-state index is 0.606. The molecule has 2 aromatic heterocycles. The van der Waals surface area contributed by atoms with Crippen LogP contribution in [0.1, 0.15) is 0 Å². The van der Waals surface area contributed by atoms with Gasteiger partial charge < -0.3 is 18.8 Å². The normalized spacial score (nSPS) is 11.5. The SMILES string of the molecule is c1ccc(-c2ccc(N(c3ccc4c(ccc5cc(N(c6ccc(-c7ccccc7)cc6)c6ccc7c(c6)c6ccccc6n7-c6ccccc6)ccc54)c3)c3ccc4nc(-c5ccccc5)oc4c3)cc2)cc1. The first-order valence-corrected chi connectivity index (χ1v) is 25.1. The van der Waals surface area contributed by atoms with Crippen molar-refractivity contribution < 1.29 is 4.42 Å². The van der Waals surface area contributed by atoms with Gasteiger partial charge in [-0.3, -0.25) is 0 Å². The van der Waals surface area contributed by atoms with E-state index in [1.54, 1.807) is 0 Å². The van der Waals surface area contributed by atoms with Crippen LogP contribution in [0, 0.1) is 0 Å². The molecule has 0 saturated heterocycles. The molecule has 0 unspecified atom stereocenters. The molecule has 0 bridgehead atoms. The number of para-hydroxylation sites is 2. The molecule has 0 spiro atoms. The second-order valence-electron chi connectivity index (χ2n) is 18.8. The summed E-state index contributed by atoms with van der Waals surface area (Å²) in [6.07, 6.45) is 0. The molecule has 74 heavy (non-hydrogen) atoms. The largest absolute Gasteiger partial charge is 0.436 e. The molecule has 0 atom stereocenters. The van der Waals surface area contributed by atoms with E-state index in [1.165, 1.54) is 49.3 Å². The quantitative estimate of drug-likeness (QED) is 0.128. The molecular formula is C69H46N4O. The molecule has 0 radical (unpaired) electrons. The van der Waals surface area contributed by atoms with E-state index in [4.69, 9.17) is 9.40 Å². The lowest BCUT2D eigenvalue weighted by molar-refractivity contribution is 0.620. The monoisotopic (exact) mass is 946 g/mol. The molecule has 0 aliphatic carbocycles. The molecule has 12 aromatic carbocycles. The van der Waals surface area contributed by atoms with Gasteiger partial charge in [-0.25, -0.2) is 4.98 Å². The van der Waals surface area contributed by atoms with Gasteiger partial charge in [0.2, 0.25) is 5.89 Å². The van der Waals surface area contributed by atoms with Crippen molar-refractivity contribution in [3.63, 3.8) is 0 Å². The smallest absolute Gasteiger partial charge is 0.227 e. The fourth-order valence-electron chi connectivity index (χ4n) is 10.8. The van der Waals surface area contributed by atoms with Crippen molar-refractivity contribution in [1.82, 2.24) is 9.55 Å². The van der Waals surface area contributed by atoms with Crippen molar-refractivity contribution in [2.75, 3.05) is 9.80 Å². The molecule has 14 rings (SSSR count). The summed E-state index contributed by atoms with van der Waals surface area (Å²) in [7, 11) is 0. The van der Waals surface area contributed by atoms with Crippen molar-refractivity contribution in [3.8, 4) is 39.4 Å². The van der Waals surface area contributed by atoms with Crippen LogP contribution in [0.2, 0.25) is 0 Å². The fourth-order valence-corrected chi connectivity index (χ4v) is 10.8. The minimum Gasteiger partial charge on any atom is -0.436 e. The van der Waals surface area contributed by atoms with E-state index in [1.807, 2.05) is 30.3 Å². The predicted molar refractivity (Wildman–Crippen MR) is 309 cm³/mol. The van der Waals surface area contributed by atoms with Gasteiger partial charge in [-0.2, -0.15) is 0 Å². The fraction of sp³-hybridized carbons (Fsp3) is 0. The summed E-state index contributed by atoms with van der Waals surface area (Å²) >= 11 is 0. The molecule has 0 aliphatic heterocycles. The number of hydrogen-bond donors (Lipinski definition) is 0. The zero-order valence-corrected chi connectivity index (χ0v) is 40.3. The lowest BCUT2D eigenvalue weighted by atomic mass is 9.99. The topological polar surface area (TPSA) is 37.4 Å². The van der Waals surface area contributed by atoms with Crippen LogP contribution in [0.4, 0.5) is 34.1 Å². The van der Waals surface area contributed by atoms with Gasteiger partial charge in [-0.1, -0.05) is 164 Å². The van der Waals surface area contributed by atoms with Crippen molar-refractivity contribution in [3.05, 3.63) is 279 Å². The minimum absolute atomic E-state index is 0.606. The first-order chi connectivity index (χ1) is 36.7. The summed E-state index contributed by atoms with van der Waals surface area (Å²) in [6, 6.07) is 99.8. The van der Waals surface area contributed by atoms with Gasteiger partial charge in [0, 0.05) is 62.2 Å². The zero-order valence-electron chi connectivity index (χ0n) is 40.3. The van der Waals surface area contributed by atoms with Crippen LogP contribution in [0.5, 0.6) is 0 Å². The van der Waals surface area contributed by atoms with Gasteiger partial charge in [0.05, 0.1) is 11.0 Å². The van der Waals surface area contributed by atoms with Crippen molar-refractivity contribution >= 4 is 88.6 Å². The summed E-state index contributed by atoms with van der Waals surface area (Å²) in [4.78, 5) is 9.55. The Balaban J connectivity index is 0.876. The second-order valence-corrected chi connectivity index (χ2v) is 18.8. The van der Waals surface area contributed by atoms with Crippen LogP contribution in [0.3, 0.4) is 0 Å². The van der Waals surface area contributed by atoms with Crippen LogP contribution in [-0.4, -0.2) is 9.55 Å². The van der Waals surface area contributed by atoms with Gasteiger partial charge in [0.1, 0.15) is 5.52 Å². The Hall–Kier alpha value is -9.97. The highest BCUT2D eigenvalue weighted by Crippen LogP contribution is 2.44. The molecule has 14 aromatic rings. The Kier molecular flexibility index (Phi) is 10.4. The third-order valence-corrected chi connectivity index (χ3v) is 14.4. The number of rotatable bonds is 10. The Morgan fingerprint density at radius 1 is 0.297 bits per heavy atom. The van der Waals surface area contributed by atoms with Gasteiger partial charge in [-0.15, -0.1) is 0 Å². The van der Waals surface area contributed by atoms with Crippen LogP contribution < -0.4 is 9.80 Å². The Morgan fingerprint density at radius 3 is 1.31 bits per heavy atom. The average Bonchev–Trinajstić information content (AvgIpc) is 4.06. The van der Waals surface area contributed by atoms with Crippen LogP contribution in [0.15, 0.2) is 283 Å². The molecular weight excluding hydrogens is 901 g/mol. The molecule has 5 heteroatoms. The van der Waals surface area contributed by atoms with Gasteiger partial charge in [0.15, 0.2) is 5.58 Å². The number of anilines is 6. The average molecular weight is 947 g/mol. The van der Waals surface area contributed by atoms with E-state index in [0.717, 1.165) is 72.8 Å². The highest BCUT2D eigenvalue weighted by Gasteiger charge is 2.20. The molecule has 0 N–H and O–H groups in total. The zero-order chi connectivity index (χ0) is 49.0. The van der Waals surface area contributed by atoms with Crippen molar-refractivity contribution in [2.45, 2.75) is 0 Å². The molecule has 0 fully saturated rings. The lowest BCUT2D eigenvalue weighted by Crippen LogP contribution is -2.10. The predicted octanol–water partition coefficient (Wildman–Crippen LogP) is 19.2. The maximum atomic E-state index is 6.43. The third-order valence-electron chi connectivity index (χ3n) is 14.4. The molecule has 5 nitrogen and oxygen atoms in total. The van der Waals surface area contributed by atoms with Gasteiger partial charge in [0.25, 0.3) is 0 Å². The Labute approximate surface area is 428 Å². The summed E-state index contributed by atoms with van der Waals surface area (Å²) in [5.41, 5.74) is 17.0. The van der Waals surface area contributed by atoms with Crippen molar-refractivity contribution in [2.24, 2.45) is 0 Å². The first-order valence-electron chi connectivity index (χ1n) is 25.1. The van der Waals surface area contributed by atoms with Crippen LogP contribution in [-0.2, 0) is 0 Å². The van der Waals surface area contributed by atoms with E-state index in [0.29, 0.717) is 5.89 Å². The van der Waals surface area contributed by atoms with Gasteiger partial charge in [-0.05, 0) is 153 Å². The number of hydrogen-bond acceptors (Lipinski definition) is 4. The molecule has 0 saturated carbocycles. The maximum Gasteiger partial charge on any atom is 0.227 e. The number of benzene rings is 12. The molecule has 0 aliphatic rings. The van der Waals surface area contributed by atoms with E-state index < -0.39 is 0 Å². The van der Waals surface area contributed by atoms with Gasteiger partial charge >= 0.3 is 0 Å². The van der Waals surface area contributed by atoms with E-state index in [2.05, 4.69) is 263 Å². The summed E-state index contributed by atoms with van der Waals surface area (Å²) in [5.74, 6) is 0.606. The van der Waals surface area contributed by atoms with E-state index in [9.17, 15) is 0 Å². The summed E-state index contributed by atoms with van der Waals surface area (Å²) in [5, 5.41) is 7.10. The number of fused-ring (bicyclic) bond motifs is 7. The van der Waals surface area contributed by atoms with Crippen molar-refractivity contribution in [1.29, 1.82) is 0 Å². The molecule has 2 heterocycles. The van der Waals surface area contributed by atoms with E-state index >= 15 is 0 Å². The number of nitrogens with zero attached hydrogens (tertiary/aromatic N) is 4. The first kappa shape index (κ1) is 42.9. The lowest BCUT2D eigenvalue weighted by Gasteiger charge is -2.27. The number of oxazole rings is 1. The molecule has 0 amide bonds. The van der Waals surface area contributed by atoms with Crippen LogP contribution >= 0.6 is 0 Å². The highest BCUT2D eigenvalue weighted by atomic mass is 16.3. The Morgan fingerprint density at radius 2 is 0.730 bits per heavy atom. The highest BCUT2D eigenvalue weighted by molar-refractivity contribution is 6.12.